The van der Waals surface area contributed by atoms with Crippen molar-refractivity contribution >= 4 is 0 Å². The van der Waals surface area contributed by atoms with Crippen molar-refractivity contribution in [2.75, 3.05) is 27.4 Å². The van der Waals surface area contributed by atoms with Crippen LogP contribution in [0.5, 0.6) is 5.75 Å². The van der Waals surface area contributed by atoms with Gasteiger partial charge in [0.1, 0.15) is 5.75 Å². The second-order valence-electron chi connectivity index (χ2n) is 5.01. The monoisotopic (exact) mass is 265 g/mol. The lowest BCUT2D eigenvalue weighted by Gasteiger charge is -2.30. The summed E-state index contributed by atoms with van der Waals surface area (Å²) in [6, 6.07) is 6.51. The van der Waals surface area contributed by atoms with Crippen LogP contribution in [0, 0.1) is 0 Å². The molecule has 1 aliphatic carbocycles. The fourth-order valence-corrected chi connectivity index (χ4v) is 2.72. The summed E-state index contributed by atoms with van der Waals surface area (Å²) in [7, 11) is 3.34. The molecular formula is C15H23NO3. The molecule has 106 valence electrons. The van der Waals surface area contributed by atoms with E-state index in [0.29, 0.717) is 6.61 Å². The fourth-order valence-electron chi connectivity index (χ4n) is 2.72. The molecule has 0 saturated heterocycles. The molecule has 0 amide bonds. The minimum atomic E-state index is -0.0212. The van der Waals surface area contributed by atoms with Gasteiger partial charge >= 0.3 is 0 Å². The number of benzene rings is 1. The molecule has 4 nitrogen and oxygen atoms in total. The summed E-state index contributed by atoms with van der Waals surface area (Å²) in [6.07, 6.45) is 3.37. The van der Waals surface area contributed by atoms with Gasteiger partial charge in [-0.3, -0.25) is 0 Å². The summed E-state index contributed by atoms with van der Waals surface area (Å²) in [4.78, 5) is 0. The predicted molar refractivity (Wildman–Crippen MR) is 74.6 cm³/mol. The van der Waals surface area contributed by atoms with Crippen molar-refractivity contribution in [2.45, 2.75) is 31.3 Å². The van der Waals surface area contributed by atoms with Gasteiger partial charge in [0, 0.05) is 13.2 Å². The van der Waals surface area contributed by atoms with Crippen molar-refractivity contribution < 1.29 is 14.6 Å². The van der Waals surface area contributed by atoms with Gasteiger partial charge in [-0.15, -0.1) is 0 Å². The number of rotatable bonds is 6. The number of hydrogen-bond donors (Lipinski definition) is 2. The van der Waals surface area contributed by atoms with Crippen LogP contribution in [-0.4, -0.2) is 38.6 Å². The molecule has 0 bridgehead atoms. The van der Waals surface area contributed by atoms with Crippen molar-refractivity contribution in [3.8, 4) is 5.75 Å². The van der Waals surface area contributed by atoms with Crippen molar-refractivity contribution in [3.05, 3.63) is 29.3 Å². The standard InChI is InChI=1S/C15H23NO3/c1-18-10-12(9-17)16-15-5-3-4-11-6-7-13(19-2)8-14(11)15/h6-8,12,15-17H,3-5,9-10H2,1-2H3. The number of methoxy groups -OCH3 is 2. The van der Waals surface area contributed by atoms with Gasteiger partial charge in [0.15, 0.2) is 0 Å². The largest absolute Gasteiger partial charge is 0.497 e. The highest BCUT2D eigenvalue weighted by Crippen LogP contribution is 2.32. The Labute approximate surface area is 114 Å². The molecule has 2 atom stereocenters. The van der Waals surface area contributed by atoms with Crippen LogP contribution >= 0.6 is 0 Å². The Hall–Kier alpha value is -1.10. The molecule has 2 unspecified atom stereocenters. The minimum absolute atomic E-state index is 0.0212. The molecule has 0 aliphatic heterocycles. The first-order valence-electron chi connectivity index (χ1n) is 6.81. The van der Waals surface area contributed by atoms with Crippen LogP contribution in [0.2, 0.25) is 0 Å². The number of hydrogen-bond acceptors (Lipinski definition) is 4. The van der Waals surface area contributed by atoms with E-state index in [2.05, 4.69) is 17.4 Å². The normalized spacial score (nSPS) is 19.8. The van der Waals surface area contributed by atoms with E-state index in [1.807, 2.05) is 6.07 Å². The predicted octanol–water partition coefficient (Wildman–Crippen LogP) is 1.67. The Morgan fingerprint density at radius 3 is 2.95 bits per heavy atom. The topological polar surface area (TPSA) is 50.7 Å². The molecule has 0 saturated carbocycles. The first kappa shape index (κ1) is 14.3. The van der Waals surface area contributed by atoms with Gasteiger partial charge in [-0.05, 0) is 42.5 Å². The molecule has 1 aromatic carbocycles. The number of aliphatic hydroxyl groups excluding tert-OH is 1. The minimum Gasteiger partial charge on any atom is -0.497 e. The maximum Gasteiger partial charge on any atom is 0.119 e. The van der Waals surface area contributed by atoms with E-state index in [1.165, 1.54) is 17.5 Å². The van der Waals surface area contributed by atoms with Gasteiger partial charge in [-0.1, -0.05) is 6.07 Å². The summed E-state index contributed by atoms with van der Waals surface area (Å²) in [6.45, 7) is 0.607. The maximum atomic E-state index is 9.37. The third-order valence-corrected chi connectivity index (χ3v) is 3.69. The zero-order chi connectivity index (χ0) is 13.7. The third kappa shape index (κ3) is 3.47. The number of ether oxygens (including phenoxy) is 2. The lowest BCUT2D eigenvalue weighted by Crippen LogP contribution is -2.40. The van der Waals surface area contributed by atoms with Crippen LogP contribution < -0.4 is 10.1 Å². The van der Waals surface area contributed by atoms with Crippen LogP contribution in [-0.2, 0) is 11.2 Å². The smallest absolute Gasteiger partial charge is 0.119 e. The summed E-state index contributed by atoms with van der Waals surface area (Å²) < 4.78 is 10.4. The van der Waals surface area contributed by atoms with E-state index in [1.54, 1.807) is 14.2 Å². The van der Waals surface area contributed by atoms with Gasteiger partial charge in [0.05, 0.1) is 26.4 Å². The van der Waals surface area contributed by atoms with Gasteiger partial charge in [0.2, 0.25) is 0 Å². The Balaban J connectivity index is 2.15. The van der Waals surface area contributed by atoms with Crippen LogP contribution in [0.25, 0.3) is 0 Å². The molecule has 1 aliphatic rings. The molecule has 2 N–H and O–H groups in total. The van der Waals surface area contributed by atoms with Gasteiger partial charge in [0.25, 0.3) is 0 Å². The van der Waals surface area contributed by atoms with Crippen molar-refractivity contribution in [1.29, 1.82) is 0 Å². The molecule has 0 radical (unpaired) electrons. The van der Waals surface area contributed by atoms with Gasteiger partial charge in [-0.25, -0.2) is 0 Å². The maximum absolute atomic E-state index is 9.37. The first-order chi connectivity index (χ1) is 9.28. The molecule has 0 spiro atoms. The Bertz CT molecular complexity index is 408. The highest BCUT2D eigenvalue weighted by Gasteiger charge is 2.23. The zero-order valence-corrected chi connectivity index (χ0v) is 11.7. The van der Waals surface area contributed by atoms with E-state index in [-0.39, 0.29) is 18.7 Å². The number of aryl methyl sites for hydroxylation is 1. The van der Waals surface area contributed by atoms with Gasteiger partial charge in [-0.2, -0.15) is 0 Å². The average molecular weight is 265 g/mol. The molecular weight excluding hydrogens is 242 g/mol. The zero-order valence-electron chi connectivity index (χ0n) is 11.7. The third-order valence-electron chi connectivity index (χ3n) is 3.69. The fraction of sp³-hybridized carbons (Fsp3) is 0.600. The molecule has 0 aromatic heterocycles. The van der Waals surface area contributed by atoms with E-state index in [9.17, 15) is 5.11 Å². The summed E-state index contributed by atoms with van der Waals surface area (Å²) in [5.41, 5.74) is 2.67. The lowest BCUT2D eigenvalue weighted by molar-refractivity contribution is 0.120. The highest BCUT2D eigenvalue weighted by molar-refractivity contribution is 5.39. The number of fused-ring (bicyclic) bond motifs is 1. The van der Waals surface area contributed by atoms with E-state index >= 15 is 0 Å². The van der Waals surface area contributed by atoms with Crippen LogP contribution in [0.1, 0.15) is 30.0 Å². The highest BCUT2D eigenvalue weighted by atomic mass is 16.5. The van der Waals surface area contributed by atoms with Crippen LogP contribution in [0.15, 0.2) is 18.2 Å². The van der Waals surface area contributed by atoms with E-state index in [4.69, 9.17) is 9.47 Å². The number of nitrogens with one attached hydrogen (secondary N) is 1. The quantitative estimate of drug-likeness (QED) is 0.821. The van der Waals surface area contributed by atoms with Gasteiger partial charge < -0.3 is 19.9 Å². The summed E-state index contributed by atoms with van der Waals surface area (Å²) in [5.74, 6) is 0.889. The van der Waals surface area contributed by atoms with Crippen LogP contribution in [0.4, 0.5) is 0 Å². The molecule has 19 heavy (non-hydrogen) atoms. The SMILES string of the molecule is COCC(CO)NC1CCCc2ccc(OC)cc21. The molecule has 0 fully saturated rings. The van der Waals surface area contributed by atoms with Crippen molar-refractivity contribution in [2.24, 2.45) is 0 Å². The molecule has 1 aromatic rings. The summed E-state index contributed by atoms with van der Waals surface area (Å²) >= 11 is 0. The molecule has 4 heteroatoms. The van der Waals surface area contributed by atoms with Crippen molar-refractivity contribution in [1.82, 2.24) is 5.32 Å². The van der Waals surface area contributed by atoms with E-state index in [0.717, 1.165) is 18.6 Å². The lowest BCUT2D eigenvalue weighted by atomic mass is 9.87. The second kappa shape index (κ2) is 6.89. The average Bonchev–Trinajstić information content (AvgIpc) is 2.46. The Morgan fingerprint density at radius 1 is 1.42 bits per heavy atom. The summed E-state index contributed by atoms with van der Waals surface area (Å²) in [5, 5.41) is 12.9. The molecule has 2 rings (SSSR count). The second-order valence-corrected chi connectivity index (χ2v) is 5.01. The Morgan fingerprint density at radius 2 is 2.26 bits per heavy atom. The Kier molecular flexibility index (Phi) is 5.19. The molecule has 0 heterocycles. The van der Waals surface area contributed by atoms with Crippen LogP contribution in [0.3, 0.4) is 0 Å². The number of aliphatic hydroxyl groups is 1. The first-order valence-corrected chi connectivity index (χ1v) is 6.81. The van der Waals surface area contributed by atoms with Crippen molar-refractivity contribution in [3.63, 3.8) is 0 Å². The van der Waals surface area contributed by atoms with E-state index < -0.39 is 0 Å².